The fraction of sp³-hybridized carbons (Fsp3) is 0.500. The van der Waals surface area contributed by atoms with Gasteiger partial charge in [0.1, 0.15) is 0 Å². The predicted octanol–water partition coefficient (Wildman–Crippen LogP) is 2.43. The Morgan fingerprint density at radius 3 is 2.67 bits per heavy atom. The van der Waals surface area contributed by atoms with E-state index in [1.807, 2.05) is 18.7 Å². The quantitative estimate of drug-likeness (QED) is 0.851. The van der Waals surface area contributed by atoms with Crippen LogP contribution in [0.4, 0.5) is 0 Å². The fourth-order valence-corrected chi connectivity index (χ4v) is 2.04. The maximum atomic E-state index is 6.13. The van der Waals surface area contributed by atoms with Crippen molar-refractivity contribution >= 4 is 0 Å². The molecule has 4 heteroatoms. The Kier molecular flexibility index (Phi) is 4.20. The van der Waals surface area contributed by atoms with Gasteiger partial charge in [-0.3, -0.25) is 0 Å². The third-order valence-corrected chi connectivity index (χ3v) is 3.27. The summed E-state index contributed by atoms with van der Waals surface area (Å²) in [5, 5.41) is 0. The molecule has 0 aliphatic rings. The lowest BCUT2D eigenvalue weighted by atomic mass is 10.00. The standard InChI is InChI=1S/C14H22N4/c1-12(2)14(15)13-4-8-17(10-13)6-3-7-18-9-5-16-11-18/h4-5,8-12,14H,3,6-7,15H2,1-2H3. The predicted molar refractivity (Wildman–Crippen MR) is 73.0 cm³/mol. The van der Waals surface area contributed by atoms with Crippen LogP contribution in [-0.2, 0) is 13.1 Å². The Bertz CT molecular complexity index is 456. The molecule has 0 aliphatic carbocycles. The van der Waals surface area contributed by atoms with E-state index < -0.39 is 0 Å². The van der Waals surface area contributed by atoms with Crippen LogP contribution < -0.4 is 5.73 Å². The summed E-state index contributed by atoms with van der Waals surface area (Å²) in [4.78, 5) is 4.03. The van der Waals surface area contributed by atoms with Crippen LogP contribution in [0.3, 0.4) is 0 Å². The second kappa shape index (κ2) is 5.87. The minimum Gasteiger partial charge on any atom is -0.354 e. The molecule has 18 heavy (non-hydrogen) atoms. The zero-order chi connectivity index (χ0) is 13.0. The Morgan fingerprint density at radius 1 is 1.22 bits per heavy atom. The molecule has 1 atom stereocenters. The molecule has 2 N–H and O–H groups in total. The normalized spacial score (nSPS) is 13.1. The summed E-state index contributed by atoms with van der Waals surface area (Å²) in [6.07, 6.45) is 11.0. The van der Waals surface area contributed by atoms with E-state index in [1.165, 1.54) is 5.56 Å². The summed E-state index contributed by atoms with van der Waals surface area (Å²) in [7, 11) is 0. The SMILES string of the molecule is CC(C)C(N)c1ccn(CCCn2ccnc2)c1. The van der Waals surface area contributed by atoms with Crippen LogP contribution in [-0.4, -0.2) is 14.1 Å². The van der Waals surface area contributed by atoms with Crippen molar-refractivity contribution in [1.29, 1.82) is 0 Å². The Labute approximate surface area is 108 Å². The molecule has 0 aliphatic heterocycles. The van der Waals surface area contributed by atoms with Gasteiger partial charge in [-0.1, -0.05) is 13.8 Å². The molecule has 0 saturated heterocycles. The molecular weight excluding hydrogens is 224 g/mol. The molecule has 0 amide bonds. The first kappa shape index (κ1) is 12.9. The third-order valence-electron chi connectivity index (χ3n) is 3.27. The average Bonchev–Trinajstić information content (AvgIpc) is 2.99. The van der Waals surface area contributed by atoms with Gasteiger partial charge < -0.3 is 14.9 Å². The van der Waals surface area contributed by atoms with Crippen molar-refractivity contribution < 1.29 is 0 Å². The van der Waals surface area contributed by atoms with E-state index in [-0.39, 0.29) is 6.04 Å². The smallest absolute Gasteiger partial charge is 0.0945 e. The van der Waals surface area contributed by atoms with E-state index in [0.29, 0.717) is 5.92 Å². The van der Waals surface area contributed by atoms with Crippen LogP contribution in [0.1, 0.15) is 31.9 Å². The number of nitrogens with zero attached hydrogens (tertiary/aromatic N) is 3. The first-order valence-electron chi connectivity index (χ1n) is 6.54. The summed E-state index contributed by atoms with van der Waals surface area (Å²) in [5.41, 5.74) is 7.36. The van der Waals surface area contributed by atoms with Gasteiger partial charge in [-0.15, -0.1) is 0 Å². The first-order valence-corrected chi connectivity index (χ1v) is 6.54. The average molecular weight is 246 g/mol. The highest BCUT2D eigenvalue weighted by Crippen LogP contribution is 2.18. The molecule has 2 heterocycles. The van der Waals surface area contributed by atoms with E-state index >= 15 is 0 Å². The number of hydrogen-bond acceptors (Lipinski definition) is 2. The zero-order valence-corrected chi connectivity index (χ0v) is 11.2. The van der Waals surface area contributed by atoms with Gasteiger partial charge in [0.15, 0.2) is 0 Å². The first-order chi connectivity index (χ1) is 8.66. The number of aromatic nitrogens is 3. The van der Waals surface area contributed by atoms with Gasteiger partial charge in [-0.2, -0.15) is 0 Å². The Balaban J connectivity index is 1.83. The summed E-state index contributed by atoms with van der Waals surface area (Å²) in [5.74, 6) is 0.479. The molecule has 0 saturated carbocycles. The minimum atomic E-state index is 0.139. The van der Waals surface area contributed by atoms with Crippen LogP contribution in [0, 0.1) is 5.92 Å². The van der Waals surface area contributed by atoms with E-state index in [1.54, 1.807) is 0 Å². The van der Waals surface area contributed by atoms with Gasteiger partial charge in [-0.05, 0) is 24.0 Å². The van der Waals surface area contributed by atoms with Crippen molar-refractivity contribution in [2.45, 2.75) is 39.4 Å². The molecule has 0 fully saturated rings. The van der Waals surface area contributed by atoms with Crippen molar-refractivity contribution in [2.24, 2.45) is 11.7 Å². The number of aryl methyl sites for hydroxylation is 2. The maximum absolute atomic E-state index is 6.13. The molecule has 2 rings (SSSR count). The number of rotatable bonds is 6. The van der Waals surface area contributed by atoms with Crippen molar-refractivity contribution in [2.75, 3.05) is 0 Å². The summed E-state index contributed by atoms with van der Waals surface area (Å²) in [6, 6.07) is 2.27. The molecule has 0 spiro atoms. The largest absolute Gasteiger partial charge is 0.354 e. The van der Waals surface area contributed by atoms with E-state index in [9.17, 15) is 0 Å². The summed E-state index contributed by atoms with van der Waals surface area (Å²) >= 11 is 0. The number of nitrogens with two attached hydrogens (primary N) is 1. The van der Waals surface area contributed by atoms with Crippen molar-refractivity contribution in [3.63, 3.8) is 0 Å². The molecular formula is C14H22N4. The highest BCUT2D eigenvalue weighted by atomic mass is 15.0. The fourth-order valence-electron chi connectivity index (χ4n) is 2.04. The molecule has 0 radical (unpaired) electrons. The van der Waals surface area contributed by atoms with Gasteiger partial charge in [0.05, 0.1) is 6.33 Å². The molecule has 0 aromatic carbocycles. The van der Waals surface area contributed by atoms with Gasteiger partial charge in [-0.25, -0.2) is 4.98 Å². The van der Waals surface area contributed by atoms with Crippen LogP contribution in [0.15, 0.2) is 37.2 Å². The lowest BCUT2D eigenvalue weighted by Gasteiger charge is -2.13. The molecule has 98 valence electrons. The van der Waals surface area contributed by atoms with Gasteiger partial charge in [0, 0.05) is 43.9 Å². The van der Waals surface area contributed by atoms with Crippen molar-refractivity contribution in [1.82, 2.24) is 14.1 Å². The second-order valence-corrected chi connectivity index (χ2v) is 5.11. The second-order valence-electron chi connectivity index (χ2n) is 5.11. The highest BCUT2D eigenvalue weighted by molar-refractivity contribution is 5.15. The lowest BCUT2D eigenvalue weighted by molar-refractivity contribution is 0.511. The molecule has 2 aromatic rings. The Hall–Kier alpha value is -1.55. The zero-order valence-electron chi connectivity index (χ0n) is 11.2. The van der Waals surface area contributed by atoms with E-state index in [0.717, 1.165) is 19.5 Å². The number of imidazole rings is 1. The van der Waals surface area contributed by atoms with Crippen LogP contribution in [0.5, 0.6) is 0 Å². The molecule has 1 unspecified atom stereocenters. The van der Waals surface area contributed by atoms with Crippen LogP contribution in [0.2, 0.25) is 0 Å². The molecule has 2 aromatic heterocycles. The van der Waals surface area contributed by atoms with E-state index in [4.69, 9.17) is 5.73 Å². The summed E-state index contributed by atoms with van der Waals surface area (Å²) in [6.45, 7) is 6.33. The Morgan fingerprint density at radius 2 is 2.00 bits per heavy atom. The number of hydrogen-bond donors (Lipinski definition) is 1. The van der Waals surface area contributed by atoms with Crippen LogP contribution in [0.25, 0.3) is 0 Å². The highest BCUT2D eigenvalue weighted by Gasteiger charge is 2.11. The van der Waals surface area contributed by atoms with Gasteiger partial charge in [0.2, 0.25) is 0 Å². The third kappa shape index (κ3) is 3.23. The van der Waals surface area contributed by atoms with E-state index in [2.05, 4.69) is 46.4 Å². The lowest BCUT2D eigenvalue weighted by Crippen LogP contribution is -2.15. The molecule has 0 bridgehead atoms. The van der Waals surface area contributed by atoms with Crippen molar-refractivity contribution in [3.8, 4) is 0 Å². The minimum absolute atomic E-state index is 0.139. The monoisotopic (exact) mass is 246 g/mol. The summed E-state index contributed by atoms with van der Waals surface area (Å²) < 4.78 is 4.32. The van der Waals surface area contributed by atoms with Crippen molar-refractivity contribution in [3.05, 3.63) is 42.7 Å². The van der Waals surface area contributed by atoms with Gasteiger partial charge in [0.25, 0.3) is 0 Å². The maximum Gasteiger partial charge on any atom is 0.0945 e. The van der Waals surface area contributed by atoms with Gasteiger partial charge >= 0.3 is 0 Å². The molecule has 4 nitrogen and oxygen atoms in total. The van der Waals surface area contributed by atoms with Crippen LogP contribution >= 0.6 is 0 Å². The topological polar surface area (TPSA) is 48.8 Å².